The van der Waals surface area contributed by atoms with Gasteiger partial charge in [-0.25, -0.2) is 0 Å². The second kappa shape index (κ2) is 5.85. The highest BCUT2D eigenvalue weighted by Crippen LogP contribution is 2.29. The molecule has 0 bridgehead atoms. The average molecular weight is 305 g/mol. The Hall–Kier alpha value is -2.27. The molecule has 5 heteroatoms. The third-order valence-corrected chi connectivity index (χ3v) is 3.41. The van der Waals surface area contributed by atoms with Gasteiger partial charge in [0, 0.05) is 11.7 Å². The molecule has 3 aromatic rings. The van der Waals surface area contributed by atoms with Gasteiger partial charge < -0.3 is 9.72 Å². The molecule has 0 unspecified atom stereocenters. The van der Waals surface area contributed by atoms with Crippen LogP contribution in [-0.2, 0) is 24.1 Å². The predicted molar refractivity (Wildman–Crippen MR) is 78.2 cm³/mol. The highest BCUT2D eigenvalue weighted by molar-refractivity contribution is 5.79. The molecule has 0 aliphatic carbocycles. The fourth-order valence-electron chi connectivity index (χ4n) is 2.32. The molecule has 2 aromatic carbocycles. The van der Waals surface area contributed by atoms with E-state index < -0.39 is 11.7 Å². The van der Waals surface area contributed by atoms with Crippen LogP contribution >= 0.6 is 0 Å². The van der Waals surface area contributed by atoms with Crippen LogP contribution in [0.4, 0.5) is 13.2 Å². The molecule has 0 atom stereocenters. The van der Waals surface area contributed by atoms with Gasteiger partial charge in [-0.3, -0.25) is 0 Å². The van der Waals surface area contributed by atoms with E-state index >= 15 is 0 Å². The van der Waals surface area contributed by atoms with Gasteiger partial charge in [-0.2, -0.15) is 13.2 Å². The van der Waals surface area contributed by atoms with Crippen molar-refractivity contribution in [1.82, 2.24) is 4.98 Å². The molecule has 0 radical (unpaired) electrons. The highest BCUT2D eigenvalue weighted by atomic mass is 19.4. The number of aromatic nitrogens is 1. The maximum absolute atomic E-state index is 12.6. The summed E-state index contributed by atoms with van der Waals surface area (Å²) >= 11 is 0. The molecule has 0 saturated heterocycles. The lowest BCUT2D eigenvalue weighted by Crippen LogP contribution is -2.05. The number of benzene rings is 2. The summed E-state index contributed by atoms with van der Waals surface area (Å²) in [5.74, 6) is 0. The molecule has 0 spiro atoms. The predicted octanol–water partition coefficient (Wildman–Crippen LogP) is 4.90. The van der Waals surface area contributed by atoms with Crippen LogP contribution in [0.3, 0.4) is 0 Å². The Labute approximate surface area is 125 Å². The lowest BCUT2D eigenvalue weighted by molar-refractivity contribution is -0.137. The number of ether oxygens (including phenoxy) is 1. The van der Waals surface area contributed by atoms with Gasteiger partial charge in [0.1, 0.15) is 0 Å². The molecule has 1 heterocycles. The summed E-state index contributed by atoms with van der Waals surface area (Å²) in [5, 5.41) is 1.08. The van der Waals surface area contributed by atoms with Gasteiger partial charge in [-0.05, 0) is 46.8 Å². The van der Waals surface area contributed by atoms with Crippen molar-refractivity contribution in [2.75, 3.05) is 0 Å². The Morgan fingerprint density at radius 3 is 2.45 bits per heavy atom. The SMILES string of the molecule is FC(F)(F)c1cccc(COCc2ccc3[nH]ccc3c2)c1. The summed E-state index contributed by atoms with van der Waals surface area (Å²) in [5.41, 5.74) is 1.89. The van der Waals surface area contributed by atoms with Crippen LogP contribution in [0.15, 0.2) is 54.7 Å². The molecule has 3 rings (SSSR count). The Bertz CT molecular complexity index is 777. The fraction of sp³-hybridized carbons (Fsp3) is 0.176. The molecule has 1 aromatic heterocycles. The van der Waals surface area contributed by atoms with Crippen molar-refractivity contribution in [3.63, 3.8) is 0 Å². The Kier molecular flexibility index (Phi) is 3.90. The lowest BCUT2D eigenvalue weighted by atomic mass is 10.1. The number of hydrogen-bond acceptors (Lipinski definition) is 1. The van der Waals surface area contributed by atoms with Crippen LogP contribution in [-0.4, -0.2) is 4.98 Å². The van der Waals surface area contributed by atoms with Crippen LogP contribution in [0.1, 0.15) is 16.7 Å². The number of aromatic amines is 1. The highest BCUT2D eigenvalue weighted by Gasteiger charge is 2.30. The number of alkyl halides is 3. The number of fused-ring (bicyclic) bond motifs is 1. The Morgan fingerprint density at radius 1 is 0.909 bits per heavy atom. The first-order valence-corrected chi connectivity index (χ1v) is 6.82. The number of rotatable bonds is 4. The summed E-state index contributed by atoms with van der Waals surface area (Å²) in [6.07, 6.45) is -2.47. The van der Waals surface area contributed by atoms with E-state index in [1.807, 2.05) is 30.5 Å². The normalized spacial score (nSPS) is 12.0. The molecule has 0 fully saturated rings. The standard InChI is InChI=1S/C17H14F3NO/c18-17(19,20)15-3-1-2-12(9-15)10-22-11-13-4-5-16-14(8-13)6-7-21-16/h1-9,21H,10-11H2. The molecule has 0 aliphatic rings. The minimum absolute atomic E-state index is 0.148. The maximum Gasteiger partial charge on any atom is 0.416 e. The van der Waals surface area contributed by atoms with Crippen LogP contribution in [0.5, 0.6) is 0 Å². The molecule has 1 N–H and O–H groups in total. The van der Waals surface area contributed by atoms with E-state index in [0.717, 1.165) is 28.6 Å². The van der Waals surface area contributed by atoms with Crippen molar-refractivity contribution in [3.05, 3.63) is 71.4 Å². The van der Waals surface area contributed by atoms with E-state index in [4.69, 9.17) is 4.74 Å². The molecule has 22 heavy (non-hydrogen) atoms. The fourth-order valence-corrected chi connectivity index (χ4v) is 2.32. The Balaban J connectivity index is 1.63. The Morgan fingerprint density at radius 2 is 1.68 bits per heavy atom. The van der Waals surface area contributed by atoms with Crippen molar-refractivity contribution in [2.45, 2.75) is 19.4 Å². The van der Waals surface area contributed by atoms with Crippen molar-refractivity contribution in [1.29, 1.82) is 0 Å². The third kappa shape index (κ3) is 3.31. The summed E-state index contributed by atoms with van der Waals surface area (Å²) in [6, 6.07) is 13.1. The summed E-state index contributed by atoms with van der Waals surface area (Å²) in [6.45, 7) is 0.506. The summed E-state index contributed by atoms with van der Waals surface area (Å²) < 4.78 is 43.4. The van der Waals surface area contributed by atoms with Gasteiger partial charge in [0.05, 0.1) is 18.8 Å². The first-order chi connectivity index (χ1) is 10.5. The number of H-pyrrole nitrogens is 1. The van der Waals surface area contributed by atoms with Crippen molar-refractivity contribution < 1.29 is 17.9 Å². The van der Waals surface area contributed by atoms with Gasteiger partial charge in [0.25, 0.3) is 0 Å². The van der Waals surface area contributed by atoms with Crippen molar-refractivity contribution >= 4 is 10.9 Å². The van der Waals surface area contributed by atoms with Crippen molar-refractivity contribution in [3.8, 4) is 0 Å². The summed E-state index contributed by atoms with van der Waals surface area (Å²) in [4.78, 5) is 3.10. The third-order valence-electron chi connectivity index (χ3n) is 3.41. The maximum atomic E-state index is 12.6. The zero-order chi connectivity index (χ0) is 15.6. The lowest BCUT2D eigenvalue weighted by Gasteiger charge is -2.09. The van der Waals surface area contributed by atoms with E-state index in [1.165, 1.54) is 6.07 Å². The van der Waals surface area contributed by atoms with Gasteiger partial charge in [0.2, 0.25) is 0 Å². The van der Waals surface area contributed by atoms with Gasteiger partial charge in [-0.15, -0.1) is 0 Å². The van der Waals surface area contributed by atoms with Crippen LogP contribution < -0.4 is 0 Å². The molecular weight excluding hydrogens is 291 g/mol. The number of hydrogen-bond donors (Lipinski definition) is 1. The minimum Gasteiger partial charge on any atom is -0.372 e. The quantitative estimate of drug-likeness (QED) is 0.728. The second-order valence-electron chi connectivity index (χ2n) is 5.09. The van der Waals surface area contributed by atoms with Crippen LogP contribution in [0, 0.1) is 0 Å². The van der Waals surface area contributed by atoms with E-state index in [9.17, 15) is 13.2 Å². The first-order valence-electron chi connectivity index (χ1n) is 6.82. The zero-order valence-electron chi connectivity index (χ0n) is 11.7. The van der Waals surface area contributed by atoms with Gasteiger partial charge in [-0.1, -0.05) is 18.2 Å². The minimum atomic E-state index is -4.32. The first kappa shape index (κ1) is 14.7. The van der Waals surface area contributed by atoms with Crippen LogP contribution in [0.2, 0.25) is 0 Å². The van der Waals surface area contributed by atoms with Gasteiger partial charge >= 0.3 is 6.18 Å². The van der Waals surface area contributed by atoms with E-state index in [1.54, 1.807) is 6.07 Å². The molecule has 0 saturated carbocycles. The van der Waals surface area contributed by atoms with Crippen molar-refractivity contribution in [2.24, 2.45) is 0 Å². The van der Waals surface area contributed by atoms with Gasteiger partial charge in [0.15, 0.2) is 0 Å². The average Bonchev–Trinajstić information content (AvgIpc) is 2.94. The van der Waals surface area contributed by atoms with E-state index in [-0.39, 0.29) is 6.61 Å². The molecule has 0 amide bonds. The molecular formula is C17H14F3NO. The second-order valence-corrected chi connectivity index (χ2v) is 5.09. The number of nitrogens with one attached hydrogen (secondary N) is 1. The monoisotopic (exact) mass is 305 g/mol. The molecule has 0 aliphatic heterocycles. The molecule has 114 valence electrons. The number of halogens is 3. The zero-order valence-corrected chi connectivity index (χ0v) is 11.7. The topological polar surface area (TPSA) is 25.0 Å². The largest absolute Gasteiger partial charge is 0.416 e. The van der Waals surface area contributed by atoms with E-state index in [0.29, 0.717) is 12.2 Å². The molecule has 2 nitrogen and oxygen atoms in total. The van der Waals surface area contributed by atoms with E-state index in [2.05, 4.69) is 4.98 Å². The summed E-state index contributed by atoms with van der Waals surface area (Å²) in [7, 11) is 0. The van der Waals surface area contributed by atoms with Crippen LogP contribution in [0.25, 0.3) is 10.9 Å². The smallest absolute Gasteiger partial charge is 0.372 e.